The van der Waals surface area contributed by atoms with Gasteiger partial charge in [0, 0.05) is 24.5 Å². The lowest BCUT2D eigenvalue weighted by molar-refractivity contribution is -0.111. The van der Waals surface area contributed by atoms with Gasteiger partial charge in [0.05, 0.1) is 11.4 Å². The summed E-state index contributed by atoms with van der Waals surface area (Å²) in [6.07, 6.45) is 2.76. The molecule has 0 aliphatic heterocycles. The van der Waals surface area contributed by atoms with Crippen molar-refractivity contribution in [2.45, 2.75) is 6.54 Å². The van der Waals surface area contributed by atoms with Crippen LogP contribution in [0.5, 0.6) is 0 Å². The van der Waals surface area contributed by atoms with Crippen LogP contribution < -0.4 is 32.1 Å². The fourth-order valence-electron chi connectivity index (χ4n) is 3.21. The van der Waals surface area contributed by atoms with Crippen molar-refractivity contribution < 1.29 is 4.79 Å². The molecule has 4 N–H and O–H groups in total. The molecule has 8 heteroatoms. The summed E-state index contributed by atoms with van der Waals surface area (Å²) < 4.78 is 0. The highest BCUT2D eigenvalue weighted by atomic mass is 16.2. The molecule has 0 saturated heterocycles. The normalized spacial score (nSPS) is 10.4. The Balaban J connectivity index is 1.50. The quantitative estimate of drug-likeness (QED) is 0.231. The summed E-state index contributed by atoms with van der Waals surface area (Å²) in [6.45, 7) is 3.88. The van der Waals surface area contributed by atoms with E-state index in [9.17, 15) is 14.4 Å². The van der Waals surface area contributed by atoms with Crippen molar-refractivity contribution in [2.75, 3.05) is 21.3 Å². The number of amides is 1. The number of nitrogens with one attached hydrogen (secondary N) is 4. The molecule has 0 radical (unpaired) electrons. The smallest absolute Gasteiger partial charge is 0.253 e. The molecule has 4 aromatic rings. The molecule has 0 spiro atoms. The van der Waals surface area contributed by atoms with Crippen molar-refractivity contribution in [3.63, 3.8) is 0 Å². The summed E-state index contributed by atoms with van der Waals surface area (Å²) in [5.41, 5.74) is 2.12. The van der Waals surface area contributed by atoms with E-state index in [1.807, 2.05) is 36.4 Å². The van der Waals surface area contributed by atoms with Crippen molar-refractivity contribution in [1.29, 1.82) is 0 Å². The van der Waals surface area contributed by atoms with E-state index in [1.165, 1.54) is 6.08 Å². The number of carbonyl (C=O) groups is 1. The fraction of sp³-hybridized carbons (Fsp3) is 0.0400. The summed E-state index contributed by atoms with van der Waals surface area (Å²) in [5.74, 6) is 0.154. The van der Waals surface area contributed by atoms with E-state index >= 15 is 0 Å². The molecule has 0 bridgehead atoms. The lowest BCUT2D eigenvalue weighted by Gasteiger charge is -2.16. The predicted octanol–water partition coefficient (Wildman–Crippen LogP) is 3.90. The SMILES string of the molecule is C=CC(=O)Nc1ccccc1Nc1cc(Nc2c(NCc3ccccc3)c(=O)c2=O)ccn1. The molecule has 0 saturated carbocycles. The number of hydrogen-bond acceptors (Lipinski definition) is 7. The van der Waals surface area contributed by atoms with Gasteiger partial charge in [-0.25, -0.2) is 4.98 Å². The molecule has 8 nitrogen and oxygen atoms in total. The Hall–Kier alpha value is -4.72. The second-order valence-corrected chi connectivity index (χ2v) is 7.17. The Morgan fingerprint density at radius 3 is 2.33 bits per heavy atom. The van der Waals surface area contributed by atoms with Gasteiger partial charge in [0.25, 0.3) is 10.9 Å². The molecule has 1 amide bonds. The molecule has 0 aliphatic rings. The van der Waals surface area contributed by atoms with Gasteiger partial charge in [-0.1, -0.05) is 49.0 Å². The molecule has 0 aliphatic carbocycles. The first-order valence-corrected chi connectivity index (χ1v) is 10.2. The molecule has 33 heavy (non-hydrogen) atoms. The Morgan fingerprint density at radius 1 is 0.879 bits per heavy atom. The third-order valence-corrected chi connectivity index (χ3v) is 4.88. The zero-order valence-electron chi connectivity index (χ0n) is 17.6. The zero-order valence-corrected chi connectivity index (χ0v) is 17.6. The summed E-state index contributed by atoms with van der Waals surface area (Å²) in [6, 6.07) is 20.1. The summed E-state index contributed by atoms with van der Waals surface area (Å²) in [4.78, 5) is 40.2. The van der Waals surface area contributed by atoms with Gasteiger partial charge in [-0.3, -0.25) is 14.4 Å². The molecular weight excluding hydrogens is 418 g/mol. The lowest BCUT2D eigenvalue weighted by atomic mass is 10.1. The first kappa shape index (κ1) is 21.5. The van der Waals surface area contributed by atoms with Crippen LogP contribution in [0.15, 0.2) is 95.2 Å². The van der Waals surface area contributed by atoms with Gasteiger partial charge in [-0.2, -0.15) is 0 Å². The second-order valence-electron chi connectivity index (χ2n) is 7.17. The highest BCUT2D eigenvalue weighted by Gasteiger charge is 2.21. The third kappa shape index (κ3) is 4.96. The first-order valence-electron chi connectivity index (χ1n) is 10.2. The van der Waals surface area contributed by atoms with Crippen molar-refractivity contribution in [2.24, 2.45) is 0 Å². The summed E-state index contributed by atoms with van der Waals surface area (Å²) >= 11 is 0. The largest absolute Gasteiger partial charge is 0.376 e. The summed E-state index contributed by atoms with van der Waals surface area (Å²) in [7, 11) is 0. The van der Waals surface area contributed by atoms with Crippen molar-refractivity contribution in [3.05, 3.63) is 112 Å². The van der Waals surface area contributed by atoms with Crippen LogP contribution >= 0.6 is 0 Å². The van der Waals surface area contributed by atoms with Gasteiger partial charge in [0.1, 0.15) is 17.2 Å². The number of para-hydroxylation sites is 2. The monoisotopic (exact) mass is 439 g/mol. The Morgan fingerprint density at radius 2 is 1.58 bits per heavy atom. The molecule has 0 atom stereocenters. The molecule has 3 aromatic carbocycles. The number of aromatic nitrogens is 1. The van der Waals surface area contributed by atoms with Crippen molar-refractivity contribution >= 4 is 40.2 Å². The van der Waals surface area contributed by atoms with E-state index in [1.54, 1.807) is 36.5 Å². The lowest BCUT2D eigenvalue weighted by Crippen LogP contribution is -2.36. The number of nitrogens with zero attached hydrogens (tertiary/aromatic N) is 1. The fourth-order valence-corrected chi connectivity index (χ4v) is 3.21. The van der Waals surface area contributed by atoms with Crippen molar-refractivity contribution in [1.82, 2.24) is 4.98 Å². The predicted molar refractivity (Wildman–Crippen MR) is 131 cm³/mol. The Labute approximate surface area is 189 Å². The van der Waals surface area contributed by atoms with Crippen LogP contribution in [0.1, 0.15) is 5.56 Å². The van der Waals surface area contributed by atoms with Gasteiger partial charge in [0.2, 0.25) is 5.91 Å². The van der Waals surface area contributed by atoms with Gasteiger partial charge in [-0.15, -0.1) is 0 Å². The Kier molecular flexibility index (Phi) is 6.26. The van der Waals surface area contributed by atoms with E-state index in [2.05, 4.69) is 32.8 Å². The van der Waals surface area contributed by atoms with Gasteiger partial charge >= 0.3 is 0 Å². The maximum atomic E-state index is 12.2. The molecule has 1 heterocycles. The molecule has 4 rings (SSSR count). The minimum Gasteiger partial charge on any atom is -0.376 e. The second kappa shape index (κ2) is 9.61. The van der Waals surface area contributed by atoms with E-state index in [4.69, 9.17) is 0 Å². The molecule has 1 aromatic heterocycles. The van der Waals surface area contributed by atoms with Crippen LogP contribution in [-0.2, 0) is 11.3 Å². The molecular formula is C25H21N5O3. The molecule has 164 valence electrons. The zero-order chi connectivity index (χ0) is 23.2. The van der Waals surface area contributed by atoms with E-state index < -0.39 is 10.9 Å². The van der Waals surface area contributed by atoms with Gasteiger partial charge in [0.15, 0.2) is 0 Å². The van der Waals surface area contributed by atoms with Crippen LogP contribution in [0.2, 0.25) is 0 Å². The standard InChI is InChI=1S/C25H21N5O3/c1-2-21(31)30-19-11-7-6-10-18(19)29-20-14-17(12-13-26-20)28-23-22(24(32)25(23)33)27-15-16-8-4-3-5-9-16/h2-14,27H,1,15H2,(H,30,31)(H2,26,28,29). The number of anilines is 6. The third-order valence-electron chi connectivity index (χ3n) is 4.88. The number of rotatable bonds is 9. The number of hydrogen-bond donors (Lipinski definition) is 4. The van der Waals surface area contributed by atoms with E-state index in [0.29, 0.717) is 29.4 Å². The molecule has 0 unspecified atom stereocenters. The average Bonchev–Trinajstić information content (AvgIpc) is 2.85. The molecule has 0 fully saturated rings. The summed E-state index contributed by atoms with van der Waals surface area (Å²) in [5, 5.41) is 11.9. The van der Waals surface area contributed by atoms with Gasteiger partial charge in [-0.05, 0) is 29.8 Å². The van der Waals surface area contributed by atoms with E-state index in [0.717, 1.165) is 5.56 Å². The topological polar surface area (TPSA) is 112 Å². The average molecular weight is 439 g/mol. The highest BCUT2D eigenvalue weighted by molar-refractivity contribution is 6.01. The minimum absolute atomic E-state index is 0.215. The van der Waals surface area contributed by atoms with Gasteiger partial charge < -0.3 is 21.3 Å². The van der Waals surface area contributed by atoms with Crippen LogP contribution in [0, 0.1) is 0 Å². The highest BCUT2D eigenvalue weighted by Crippen LogP contribution is 2.27. The number of pyridine rings is 1. The maximum absolute atomic E-state index is 12.2. The van der Waals surface area contributed by atoms with Crippen molar-refractivity contribution in [3.8, 4) is 0 Å². The minimum atomic E-state index is -0.575. The van der Waals surface area contributed by atoms with E-state index in [-0.39, 0.29) is 17.3 Å². The Bertz CT molecular complexity index is 1370. The number of benzene rings is 2. The van der Waals surface area contributed by atoms with Crippen LogP contribution in [0.4, 0.5) is 34.3 Å². The van der Waals surface area contributed by atoms with Crippen LogP contribution in [0.25, 0.3) is 0 Å². The first-order chi connectivity index (χ1) is 16.0. The maximum Gasteiger partial charge on any atom is 0.253 e. The van der Waals surface area contributed by atoms with Crippen LogP contribution in [-0.4, -0.2) is 10.9 Å². The number of carbonyl (C=O) groups excluding carboxylic acids is 1. The van der Waals surface area contributed by atoms with Crippen LogP contribution in [0.3, 0.4) is 0 Å².